The lowest BCUT2D eigenvalue weighted by molar-refractivity contribution is 0.0630. The van der Waals surface area contributed by atoms with Crippen LogP contribution in [0, 0.1) is 0 Å². The normalized spacial score (nSPS) is 29.6. The van der Waals surface area contributed by atoms with Crippen LogP contribution >= 0.6 is 0 Å². The van der Waals surface area contributed by atoms with Crippen molar-refractivity contribution in [3.63, 3.8) is 0 Å². The molecule has 1 N–H and O–H groups in total. The molecule has 1 aliphatic heterocycles. The molecule has 0 aromatic heterocycles. The van der Waals surface area contributed by atoms with Gasteiger partial charge in [-0.05, 0) is 58.8 Å². The van der Waals surface area contributed by atoms with Gasteiger partial charge in [-0.2, -0.15) is 0 Å². The average molecular weight is 276 g/mol. The Morgan fingerprint density at radius 3 is 2.60 bits per heavy atom. The van der Waals surface area contributed by atoms with Gasteiger partial charge in [-0.25, -0.2) is 0 Å². The van der Waals surface area contributed by atoms with E-state index in [2.05, 4.69) is 30.1 Å². The smallest absolute Gasteiger partial charge is 0.0313 e. The molecule has 20 heavy (non-hydrogen) atoms. The van der Waals surface area contributed by atoms with E-state index in [0.717, 1.165) is 0 Å². The quantitative estimate of drug-likeness (QED) is 0.787. The van der Waals surface area contributed by atoms with Gasteiger partial charge >= 0.3 is 0 Å². The summed E-state index contributed by atoms with van der Waals surface area (Å²) in [7, 11) is 0. The lowest BCUT2D eigenvalue weighted by Crippen LogP contribution is -2.68. The zero-order chi connectivity index (χ0) is 14.1. The minimum atomic E-state index is 0.281. The molecule has 0 atom stereocenters. The maximum Gasteiger partial charge on any atom is 0.0313 e. The number of rotatable bonds is 3. The third-order valence-corrected chi connectivity index (χ3v) is 5.44. The lowest BCUT2D eigenvalue weighted by atomic mass is 9.86. The first-order chi connectivity index (χ1) is 9.57. The summed E-state index contributed by atoms with van der Waals surface area (Å²) in [5.74, 6) is 0. The van der Waals surface area contributed by atoms with Gasteiger partial charge in [0.2, 0.25) is 0 Å². The van der Waals surface area contributed by atoms with Crippen LogP contribution in [0.15, 0.2) is 11.6 Å². The summed E-state index contributed by atoms with van der Waals surface area (Å²) < 4.78 is 0. The highest BCUT2D eigenvalue weighted by Crippen LogP contribution is 2.35. The van der Waals surface area contributed by atoms with E-state index in [1.165, 1.54) is 77.4 Å². The van der Waals surface area contributed by atoms with E-state index >= 15 is 0 Å². The number of nitrogens with one attached hydrogen (secondary N) is 1. The Morgan fingerprint density at radius 1 is 1.10 bits per heavy atom. The summed E-state index contributed by atoms with van der Waals surface area (Å²) in [6, 6.07) is 0. The zero-order valence-electron chi connectivity index (χ0n) is 13.5. The third-order valence-electron chi connectivity index (χ3n) is 5.44. The minimum Gasteiger partial charge on any atom is -0.304 e. The van der Waals surface area contributed by atoms with E-state index in [0.29, 0.717) is 5.54 Å². The van der Waals surface area contributed by atoms with Crippen LogP contribution in [0.2, 0.25) is 0 Å². The van der Waals surface area contributed by atoms with Gasteiger partial charge in [-0.15, -0.1) is 0 Å². The fourth-order valence-corrected chi connectivity index (χ4v) is 4.77. The molecule has 2 aliphatic carbocycles. The molecule has 114 valence electrons. The van der Waals surface area contributed by atoms with Crippen molar-refractivity contribution in [2.45, 2.75) is 82.7 Å². The second-order valence-corrected chi connectivity index (χ2v) is 8.07. The van der Waals surface area contributed by atoms with Crippen molar-refractivity contribution < 1.29 is 0 Å². The van der Waals surface area contributed by atoms with E-state index in [9.17, 15) is 0 Å². The molecule has 2 nitrogen and oxygen atoms in total. The number of nitrogens with zero attached hydrogens (tertiary/aromatic N) is 1. The molecule has 1 saturated heterocycles. The molecule has 2 fully saturated rings. The summed E-state index contributed by atoms with van der Waals surface area (Å²) in [5.41, 5.74) is 2.44. The number of hydrogen-bond acceptors (Lipinski definition) is 2. The van der Waals surface area contributed by atoms with Gasteiger partial charge in [0.15, 0.2) is 0 Å². The van der Waals surface area contributed by atoms with E-state index < -0.39 is 0 Å². The maximum absolute atomic E-state index is 3.98. The highest BCUT2D eigenvalue weighted by Gasteiger charge is 2.43. The van der Waals surface area contributed by atoms with Crippen LogP contribution < -0.4 is 5.32 Å². The Morgan fingerprint density at radius 2 is 1.90 bits per heavy atom. The monoisotopic (exact) mass is 276 g/mol. The van der Waals surface area contributed by atoms with Gasteiger partial charge in [0, 0.05) is 30.7 Å². The fraction of sp³-hybridized carbons (Fsp3) is 0.889. The highest BCUT2D eigenvalue weighted by atomic mass is 15.3. The fourth-order valence-electron chi connectivity index (χ4n) is 4.77. The Hall–Kier alpha value is -0.340. The molecule has 0 amide bonds. The molecule has 3 rings (SSSR count). The summed E-state index contributed by atoms with van der Waals surface area (Å²) in [4.78, 5) is 2.75. The molecule has 1 spiro atoms. The highest BCUT2D eigenvalue weighted by molar-refractivity contribution is 5.08. The van der Waals surface area contributed by atoms with E-state index in [1.807, 2.05) is 0 Å². The molecule has 3 aliphatic rings. The van der Waals surface area contributed by atoms with Crippen molar-refractivity contribution in [3.05, 3.63) is 11.6 Å². The van der Waals surface area contributed by atoms with Crippen molar-refractivity contribution in [2.24, 2.45) is 0 Å². The SMILES string of the molecule is CC1(C)CN(CCC2=CCCCC2)CC2(CCCC2)N1. The molecule has 0 aromatic rings. The van der Waals surface area contributed by atoms with E-state index in [4.69, 9.17) is 0 Å². The molecular formula is C18H32N2. The predicted molar refractivity (Wildman–Crippen MR) is 86.0 cm³/mol. The van der Waals surface area contributed by atoms with Gasteiger partial charge in [0.25, 0.3) is 0 Å². The summed E-state index contributed by atoms with van der Waals surface area (Å²) in [6.45, 7) is 8.54. The van der Waals surface area contributed by atoms with Gasteiger partial charge in [0.05, 0.1) is 0 Å². The molecule has 1 saturated carbocycles. The summed E-state index contributed by atoms with van der Waals surface area (Å²) >= 11 is 0. The van der Waals surface area contributed by atoms with Crippen LogP contribution in [0.1, 0.15) is 71.6 Å². The van der Waals surface area contributed by atoms with Crippen molar-refractivity contribution in [1.29, 1.82) is 0 Å². The molecule has 1 heterocycles. The minimum absolute atomic E-state index is 0.281. The second-order valence-electron chi connectivity index (χ2n) is 8.07. The predicted octanol–water partition coefficient (Wildman–Crippen LogP) is 3.87. The Kier molecular flexibility index (Phi) is 4.24. The van der Waals surface area contributed by atoms with Gasteiger partial charge in [-0.3, -0.25) is 4.90 Å². The Bertz CT molecular complexity index is 364. The van der Waals surface area contributed by atoms with E-state index in [-0.39, 0.29) is 5.54 Å². The van der Waals surface area contributed by atoms with Crippen molar-refractivity contribution >= 4 is 0 Å². The average Bonchev–Trinajstić information content (AvgIpc) is 2.83. The molecule has 0 aromatic carbocycles. The number of hydrogen-bond donors (Lipinski definition) is 1. The van der Waals surface area contributed by atoms with Gasteiger partial charge < -0.3 is 5.32 Å². The van der Waals surface area contributed by atoms with Crippen LogP contribution in [0.5, 0.6) is 0 Å². The van der Waals surface area contributed by atoms with Crippen LogP contribution in [-0.4, -0.2) is 35.6 Å². The molecule has 0 radical (unpaired) electrons. The first kappa shape index (κ1) is 14.6. The molecule has 0 bridgehead atoms. The first-order valence-corrected chi connectivity index (χ1v) is 8.77. The molecule has 2 heteroatoms. The van der Waals surface area contributed by atoms with Crippen LogP contribution in [0.4, 0.5) is 0 Å². The number of piperazine rings is 1. The van der Waals surface area contributed by atoms with E-state index in [1.54, 1.807) is 5.57 Å². The van der Waals surface area contributed by atoms with Crippen LogP contribution in [0.3, 0.4) is 0 Å². The third kappa shape index (κ3) is 3.46. The first-order valence-electron chi connectivity index (χ1n) is 8.77. The second kappa shape index (κ2) is 5.81. The topological polar surface area (TPSA) is 15.3 Å². The Labute approximate surface area is 125 Å². The summed E-state index contributed by atoms with van der Waals surface area (Å²) in [5, 5.41) is 3.98. The van der Waals surface area contributed by atoms with Crippen molar-refractivity contribution in [1.82, 2.24) is 10.2 Å². The number of allylic oxidation sites excluding steroid dienone is 1. The maximum atomic E-state index is 3.98. The van der Waals surface area contributed by atoms with Crippen molar-refractivity contribution in [2.75, 3.05) is 19.6 Å². The Balaban J connectivity index is 1.59. The molecule has 0 unspecified atom stereocenters. The largest absolute Gasteiger partial charge is 0.304 e. The molecular weight excluding hydrogens is 244 g/mol. The summed E-state index contributed by atoms with van der Waals surface area (Å²) in [6.07, 6.45) is 15.0. The van der Waals surface area contributed by atoms with Gasteiger partial charge in [-0.1, -0.05) is 24.5 Å². The lowest BCUT2D eigenvalue weighted by Gasteiger charge is -2.50. The van der Waals surface area contributed by atoms with Crippen molar-refractivity contribution in [3.8, 4) is 0 Å². The van der Waals surface area contributed by atoms with Crippen LogP contribution in [0.25, 0.3) is 0 Å². The van der Waals surface area contributed by atoms with Gasteiger partial charge in [0.1, 0.15) is 0 Å². The van der Waals surface area contributed by atoms with Crippen LogP contribution in [-0.2, 0) is 0 Å². The zero-order valence-corrected chi connectivity index (χ0v) is 13.5. The standard InChI is InChI=1S/C18H32N2/c1-17(2)14-20(13-10-16-8-4-3-5-9-16)15-18(19-17)11-6-7-12-18/h8,19H,3-7,9-15H2,1-2H3.